The van der Waals surface area contributed by atoms with E-state index in [0.717, 1.165) is 89.9 Å². The van der Waals surface area contributed by atoms with Gasteiger partial charge in [0.2, 0.25) is 0 Å². The highest BCUT2D eigenvalue weighted by Crippen LogP contribution is 2.15. The van der Waals surface area contributed by atoms with Crippen LogP contribution in [0.25, 0.3) is 0 Å². The Morgan fingerprint density at radius 2 is 0.694 bits per heavy atom. The lowest BCUT2D eigenvalue weighted by Crippen LogP contribution is -2.28. The molecule has 0 rings (SSSR count). The van der Waals surface area contributed by atoms with Crippen molar-refractivity contribution < 1.29 is 24.2 Å². The minimum Gasteiger partial charge on any atom is -0.462 e. The zero-order valence-corrected chi connectivity index (χ0v) is 40.6. The second-order valence-corrected chi connectivity index (χ2v) is 17.2. The van der Waals surface area contributed by atoms with Gasteiger partial charge in [0, 0.05) is 12.8 Å². The normalized spacial score (nSPS) is 12.9. The molecule has 0 spiro atoms. The SMILES string of the molecule is CC/C=C\C/C=C\C/C=C\C/C=C\C/C=C\C/C=C\CCCCCCC(=O)OC(CO)COC(=O)CCCCCCCCCCCCCCC/C=C\CCCCCCCCCC. The third-order valence-corrected chi connectivity index (χ3v) is 11.2. The number of allylic oxidation sites excluding steroid dienone is 14. The smallest absolute Gasteiger partial charge is 0.306 e. The molecule has 1 atom stereocenters. The van der Waals surface area contributed by atoms with Gasteiger partial charge in [-0.1, -0.05) is 227 Å². The molecule has 0 saturated heterocycles. The first kappa shape index (κ1) is 59.1. The molecule has 0 aliphatic carbocycles. The number of hydrogen-bond donors (Lipinski definition) is 1. The first-order valence-corrected chi connectivity index (χ1v) is 26.1. The molecule has 0 aromatic carbocycles. The van der Waals surface area contributed by atoms with Crippen LogP contribution in [-0.4, -0.2) is 36.4 Å². The summed E-state index contributed by atoms with van der Waals surface area (Å²) in [6, 6.07) is 0. The van der Waals surface area contributed by atoms with Crippen LogP contribution >= 0.6 is 0 Å². The van der Waals surface area contributed by atoms with Gasteiger partial charge in [-0.25, -0.2) is 0 Å². The highest BCUT2D eigenvalue weighted by molar-refractivity contribution is 5.70. The number of unbranched alkanes of at least 4 members (excludes halogenated alkanes) is 25. The minimum absolute atomic E-state index is 0.0795. The molecule has 5 nitrogen and oxygen atoms in total. The monoisotopic (exact) mass is 863 g/mol. The van der Waals surface area contributed by atoms with Crippen molar-refractivity contribution >= 4 is 11.9 Å². The summed E-state index contributed by atoms with van der Waals surface area (Å²) in [5.41, 5.74) is 0. The molecule has 62 heavy (non-hydrogen) atoms. The van der Waals surface area contributed by atoms with E-state index in [1.165, 1.54) is 128 Å². The van der Waals surface area contributed by atoms with Gasteiger partial charge in [0.1, 0.15) is 6.61 Å². The molecule has 356 valence electrons. The van der Waals surface area contributed by atoms with Crippen LogP contribution in [0.5, 0.6) is 0 Å². The van der Waals surface area contributed by atoms with E-state index in [9.17, 15) is 14.7 Å². The maximum atomic E-state index is 12.3. The Morgan fingerprint density at radius 1 is 0.387 bits per heavy atom. The number of esters is 2. The van der Waals surface area contributed by atoms with Crippen LogP contribution in [0.3, 0.4) is 0 Å². The van der Waals surface area contributed by atoms with Crippen molar-refractivity contribution in [3.05, 3.63) is 85.1 Å². The molecule has 0 bridgehead atoms. The van der Waals surface area contributed by atoms with Gasteiger partial charge in [-0.15, -0.1) is 0 Å². The topological polar surface area (TPSA) is 72.8 Å². The van der Waals surface area contributed by atoms with Gasteiger partial charge in [0.15, 0.2) is 6.10 Å². The molecule has 0 saturated carbocycles. The predicted octanol–water partition coefficient (Wildman–Crippen LogP) is 17.4. The molecule has 0 aromatic rings. The Kier molecular flexibility index (Phi) is 50.0. The van der Waals surface area contributed by atoms with Crippen molar-refractivity contribution in [2.24, 2.45) is 0 Å². The fraction of sp³-hybridized carbons (Fsp3) is 0.719. The van der Waals surface area contributed by atoms with Crippen molar-refractivity contribution in [1.82, 2.24) is 0 Å². The first-order chi connectivity index (χ1) is 30.6. The van der Waals surface area contributed by atoms with Gasteiger partial charge >= 0.3 is 11.9 Å². The summed E-state index contributed by atoms with van der Waals surface area (Å²) >= 11 is 0. The van der Waals surface area contributed by atoms with E-state index in [2.05, 4.69) is 98.9 Å². The Morgan fingerprint density at radius 3 is 1.06 bits per heavy atom. The van der Waals surface area contributed by atoms with E-state index >= 15 is 0 Å². The summed E-state index contributed by atoms with van der Waals surface area (Å²) in [5.74, 6) is -0.618. The zero-order valence-electron chi connectivity index (χ0n) is 40.6. The Labute approximate surface area is 384 Å². The highest BCUT2D eigenvalue weighted by atomic mass is 16.6. The minimum atomic E-state index is -0.791. The molecule has 0 amide bonds. The molecule has 0 aliphatic heterocycles. The number of rotatable bonds is 47. The van der Waals surface area contributed by atoms with Gasteiger partial charge < -0.3 is 14.6 Å². The summed E-state index contributed by atoms with van der Waals surface area (Å²) in [4.78, 5) is 24.5. The predicted molar refractivity (Wildman–Crippen MR) is 269 cm³/mol. The van der Waals surface area contributed by atoms with E-state index < -0.39 is 6.10 Å². The summed E-state index contributed by atoms with van der Waals surface area (Å²) in [6.45, 7) is 4.02. The summed E-state index contributed by atoms with van der Waals surface area (Å²) in [7, 11) is 0. The Balaban J connectivity index is 3.56. The quantitative estimate of drug-likeness (QED) is 0.0375. The molecule has 0 aliphatic rings. The van der Waals surface area contributed by atoms with Crippen LogP contribution in [0.15, 0.2) is 85.1 Å². The van der Waals surface area contributed by atoms with Crippen LogP contribution in [0.4, 0.5) is 0 Å². The van der Waals surface area contributed by atoms with Crippen molar-refractivity contribution in [2.45, 2.75) is 251 Å². The van der Waals surface area contributed by atoms with Crippen molar-refractivity contribution in [2.75, 3.05) is 13.2 Å². The third kappa shape index (κ3) is 49.7. The van der Waals surface area contributed by atoms with Crippen molar-refractivity contribution in [3.63, 3.8) is 0 Å². The van der Waals surface area contributed by atoms with Gasteiger partial charge in [-0.3, -0.25) is 9.59 Å². The largest absolute Gasteiger partial charge is 0.462 e. The lowest BCUT2D eigenvalue weighted by atomic mass is 10.0. The van der Waals surface area contributed by atoms with E-state index in [1.54, 1.807) is 0 Å². The average Bonchev–Trinajstić information content (AvgIpc) is 3.28. The van der Waals surface area contributed by atoms with Gasteiger partial charge in [-0.05, 0) is 89.9 Å². The lowest BCUT2D eigenvalue weighted by molar-refractivity contribution is -0.161. The van der Waals surface area contributed by atoms with Crippen LogP contribution in [0.1, 0.15) is 245 Å². The maximum Gasteiger partial charge on any atom is 0.306 e. The van der Waals surface area contributed by atoms with E-state index in [0.29, 0.717) is 12.8 Å². The third-order valence-electron chi connectivity index (χ3n) is 11.2. The van der Waals surface area contributed by atoms with Crippen LogP contribution in [-0.2, 0) is 19.1 Å². The molecular weight excluding hydrogens is 765 g/mol. The second kappa shape index (κ2) is 52.4. The average molecular weight is 863 g/mol. The van der Waals surface area contributed by atoms with E-state index in [-0.39, 0.29) is 25.2 Å². The maximum absolute atomic E-state index is 12.3. The van der Waals surface area contributed by atoms with E-state index in [1.807, 2.05) is 0 Å². The van der Waals surface area contributed by atoms with Crippen molar-refractivity contribution in [3.8, 4) is 0 Å². The fourth-order valence-corrected chi connectivity index (χ4v) is 7.26. The highest BCUT2D eigenvalue weighted by Gasteiger charge is 2.16. The summed E-state index contributed by atoms with van der Waals surface area (Å²) < 4.78 is 10.7. The van der Waals surface area contributed by atoms with Crippen LogP contribution in [0, 0.1) is 0 Å². The number of aliphatic hydroxyl groups excluding tert-OH is 1. The summed E-state index contributed by atoms with van der Waals surface area (Å²) in [5, 5.41) is 9.63. The number of carbonyl (C=O) groups is 2. The summed E-state index contributed by atoms with van der Waals surface area (Å²) in [6.07, 6.45) is 72.5. The molecule has 0 aromatic heterocycles. The zero-order chi connectivity index (χ0) is 44.9. The Hall–Kier alpha value is -2.92. The lowest BCUT2D eigenvalue weighted by Gasteiger charge is -2.15. The van der Waals surface area contributed by atoms with Crippen LogP contribution < -0.4 is 0 Å². The van der Waals surface area contributed by atoms with Crippen molar-refractivity contribution in [1.29, 1.82) is 0 Å². The van der Waals surface area contributed by atoms with Crippen LogP contribution in [0.2, 0.25) is 0 Å². The standard InChI is InChI=1S/C57H98O5/c1-3-5-7-9-11-13-15-17-19-21-23-25-27-28-30-31-33-35-37-39-41-43-45-47-49-51-56(59)61-54-55(53-58)62-57(60)52-50-48-46-44-42-40-38-36-34-32-29-26-24-22-20-18-16-14-12-10-8-6-4-2/h6,8,12,14,18,20-21,23-24,26,32,34,38,40,55,58H,3-5,7,9-11,13,15-17,19,22,25,27-31,33,35-37,39,41-54H2,1-2H3/b8-6-,14-12-,20-18-,23-21-,26-24-,34-32-,40-38-. The molecule has 1 unspecified atom stereocenters. The molecule has 5 heteroatoms. The number of aliphatic hydroxyl groups is 1. The fourth-order valence-electron chi connectivity index (χ4n) is 7.26. The number of carbonyl (C=O) groups excluding carboxylic acids is 2. The Bertz CT molecular complexity index is 1160. The molecule has 1 N–H and O–H groups in total. The first-order valence-electron chi connectivity index (χ1n) is 26.1. The van der Waals surface area contributed by atoms with Gasteiger partial charge in [0.05, 0.1) is 6.61 Å². The number of hydrogen-bond acceptors (Lipinski definition) is 5. The number of ether oxygens (including phenoxy) is 2. The second-order valence-electron chi connectivity index (χ2n) is 17.2. The molecule has 0 radical (unpaired) electrons. The molecule has 0 heterocycles. The molecule has 0 fully saturated rings. The van der Waals surface area contributed by atoms with Gasteiger partial charge in [-0.2, -0.15) is 0 Å². The molecular formula is C57H98O5. The van der Waals surface area contributed by atoms with Gasteiger partial charge in [0.25, 0.3) is 0 Å². The van der Waals surface area contributed by atoms with E-state index in [4.69, 9.17) is 9.47 Å².